The number of pyridine rings is 1. The van der Waals surface area contributed by atoms with E-state index in [1.54, 1.807) is 18.2 Å². The summed E-state index contributed by atoms with van der Waals surface area (Å²) in [6.45, 7) is 8.71. The Balaban J connectivity index is 1.38. The van der Waals surface area contributed by atoms with Crippen LogP contribution in [-0.4, -0.2) is 37.0 Å². The Labute approximate surface area is 217 Å². The van der Waals surface area contributed by atoms with Crippen LogP contribution in [0.3, 0.4) is 0 Å². The van der Waals surface area contributed by atoms with Crippen LogP contribution < -0.4 is 20.3 Å². The third kappa shape index (κ3) is 6.26. The number of piperidine rings is 1. The zero-order valence-corrected chi connectivity index (χ0v) is 22.0. The number of nitrogens with one attached hydrogen (secondary N) is 2. The van der Waals surface area contributed by atoms with Crippen molar-refractivity contribution in [3.63, 3.8) is 0 Å². The van der Waals surface area contributed by atoms with Gasteiger partial charge >= 0.3 is 0 Å². The van der Waals surface area contributed by atoms with E-state index in [0.29, 0.717) is 34.0 Å². The van der Waals surface area contributed by atoms with Gasteiger partial charge in [0.25, 0.3) is 0 Å². The second-order valence-corrected chi connectivity index (χ2v) is 10.3. The van der Waals surface area contributed by atoms with Crippen molar-refractivity contribution in [2.45, 2.75) is 40.0 Å². The quantitative estimate of drug-likeness (QED) is 0.406. The number of hydrogen-bond acceptors (Lipinski definition) is 5. The molecule has 2 heterocycles. The molecule has 8 heteroatoms. The van der Waals surface area contributed by atoms with Crippen LogP contribution in [0.2, 0.25) is 5.02 Å². The number of fused-ring (bicyclic) bond motifs is 1. The monoisotopic (exact) mass is 508 g/mol. The van der Waals surface area contributed by atoms with E-state index in [-0.39, 0.29) is 24.7 Å². The first-order valence-electron chi connectivity index (χ1n) is 12.3. The van der Waals surface area contributed by atoms with Crippen molar-refractivity contribution < 1.29 is 14.3 Å². The molecule has 190 valence electrons. The van der Waals surface area contributed by atoms with Gasteiger partial charge in [0.1, 0.15) is 11.6 Å². The average molecular weight is 509 g/mol. The van der Waals surface area contributed by atoms with Gasteiger partial charge in [-0.25, -0.2) is 4.98 Å². The van der Waals surface area contributed by atoms with Crippen LogP contribution in [0.15, 0.2) is 42.5 Å². The molecular weight excluding hydrogens is 476 g/mol. The first-order valence-corrected chi connectivity index (χ1v) is 12.7. The van der Waals surface area contributed by atoms with Crippen LogP contribution in [0.5, 0.6) is 5.75 Å². The summed E-state index contributed by atoms with van der Waals surface area (Å²) in [6.07, 6.45) is 1.34. The van der Waals surface area contributed by atoms with Crippen molar-refractivity contribution in [3.05, 3.63) is 53.1 Å². The molecule has 1 aromatic heterocycles. The molecular formula is C28H33ClN4O3. The van der Waals surface area contributed by atoms with E-state index in [2.05, 4.69) is 42.4 Å². The molecule has 1 fully saturated rings. The number of carbonyl (C=O) groups is 2. The highest BCUT2D eigenvalue weighted by molar-refractivity contribution is 6.31. The molecule has 0 spiro atoms. The lowest BCUT2D eigenvalue weighted by atomic mass is 9.92. The van der Waals surface area contributed by atoms with Gasteiger partial charge in [-0.2, -0.15) is 0 Å². The summed E-state index contributed by atoms with van der Waals surface area (Å²) >= 11 is 6.01. The van der Waals surface area contributed by atoms with Crippen molar-refractivity contribution in [2.24, 2.45) is 11.8 Å². The number of aromatic nitrogens is 1. The van der Waals surface area contributed by atoms with Crippen molar-refractivity contribution in [1.82, 2.24) is 4.98 Å². The molecule has 0 unspecified atom stereocenters. The summed E-state index contributed by atoms with van der Waals surface area (Å²) in [4.78, 5) is 32.2. The van der Waals surface area contributed by atoms with Gasteiger partial charge in [-0.1, -0.05) is 25.4 Å². The summed E-state index contributed by atoms with van der Waals surface area (Å²) in [6, 6.07) is 12.8. The molecule has 0 radical (unpaired) electrons. The number of carbonyl (C=O) groups excluding carboxylic acids is 2. The zero-order chi connectivity index (χ0) is 25.8. The van der Waals surface area contributed by atoms with Crippen molar-refractivity contribution in [3.8, 4) is 5.75 Å². The Morgan fingerprint density at radius 2 is 1.72 bits per heavy atom. The smallest absolute Gasteiger partial charge is 0.224 e. The molecule has 2 N–H and O–H groups in total. The Morgan fingerprint density at radius 1 is 1.03 bits per heavy atom. The van der Waals surface area contributed by atoms with Gasteiger partial charge in [0.05, 0.1) is 18.3 Å². The molecule has 0 saturated carbocycles. The van der Waals surface area contributed by atoms with Gasteiger partial charge in [-0.3, -0.25) is 9.59 Å². The van der Waals surface area contributed by atoms with Gasteiger partial charge in [0, 0.05) is 42.0 Å². The number of anilines is 3. The minimum atomic E-state index is -0.293. The Bertz CT molecular complexity index is 1270. The van der Waals surface area contributed by atoms with Gasteiger partial charge in [0.15, 0.2) is 0 Å². The maximum atomic E-state index is 12.5. The molecule has 1 saturated heterocycles. The first-order chi connectivity index (χ1) is 17.2. The molecule has 2 aromatic carbocycles. The SMILES string of the molecule is COc1ccc(Cl)cc1NC(=O)CCC(=O)Nc1ccc2nc(N3C[C@@H](C)C[C@H](C)C3)cc(C)c2c1. The second kappa shape index (κ2) is 11.2. The van der Waals surface area contributed by atoms with Crippen molar-refractivity contribution in [1.29, 1.82) is 0 Å². The van der Waals surface area contributed by atoms with Crippen molar-refractivity contribution in [2.75, 3.05) is 35.7 Å². The zero-order valence-electron chi connectivity index (χ0n) is 21.2. The fourth-order valence-corrected chi connectivity index (χ4v) is 5.08. The molecule has 2 amide bonds. The van der Waals surface area contributed by atoms with E-state index in [9.17, 15) is 9.59 Å². The lowest BCUT2D eigenvalue weighted by Crippen LogP contribution is -2.39. The molecule has 0 bridgehead atoms. The van der Waals surface area contributed by atoms with E-state index in [1.165, 1.54) is 13.5 Å². The molecule has 4 rings (SSSR count). The minimum absolute atomic E-state index is 0.0334. The highest BCUT2D eigenvalue weighted by atomic mass is 35.5. The summed E-state index contributed by atoms with van der Waals surface area (Å²) in [5.74, 6) is 2.29. The number of rotatable bonds is 7. The van der Waals surface area contributed by atoms with E-state index in [0.717, 1.165) is 35.4 Å². The third-order valence-electron chi connectivity index (χ3n) is 6.49. The van der Waals surface area contributed by atoms with Gasteiger partial charge in [-0.15, -0.1) is 0 Å². The molecule has 0 aliphatic carbocycles. The summed E-state index contributed by atoms with van der Waals surface area (Å²) in [5.41, 5.74) is 3.18. The van der Waals surface area contributed by atoms with Crippen molar-refractivity contribution >= 4 is 51.5 Å². The first kappa shape index (κ1) is 25.8. The molecule has 3 aromatic rings. The number of hydrogen-bond donors (Lipinski definition) is 2. The highest BCUT2D eigenvalue weighted by Gasteiger charge is 2.23. The Morgan fingerprint density at radius 3 is 2.42 bits per heavy atom. The van der Waals surface area contributed by atoms with E-state index >= 15 is 0 Å². The topological polar surface area (TPSA) is 83.6 Å². The van der Waals surface area contributed by atoms with Gasteiger partial charge < -0.3 is 20.3 Å². The second-order valence-electron chi connectivity index (χ2n) is 9.82. The van der Waals surface area contributed by atoms with Gasteiger partial charge in [0.2, 0.25) is 11.8 Å². The highest BCUT2D eigenvalue weighted by Crippen LogP contribution is 2.30. The number of ether oxygens (including phenoxy) is 1. The third-order valence-corrected chi connectivity index (χ3v) is 6.73. The number of nitrogens with zero attached hydrogens (tertiary/aromatic N) is 2. The normalized spacial score (nSPS) is 17.6. The van der Waals surface area contributed by atoms with Gasteiger partial charge in [-0.05, 0) is 73.2 Å². The van der Waals surface area contributed by atoms with Crippen LogP contribution in [0.1, 0.15) is 38.7 Å². The largest absolute Gasteiger partial charge is 0.495 e. The van der Waals surface area contributed by atoms with Crippen LogP contribution in [0.25, 0.3) is 10.9 Å². The molecule has 36 heavy (non-hydrogen) atoms. The van der Waals surface area contributed by atoms with E-state index < -0.39 is 0 Å². The van der Waals surface area contributed by atoms with E-state index in [1.807, 2.05) is 18.2 Å². The lowest BCUT2D eigenvalue weighted by molar-refractivity contribution is -0.121. The Kier molecular flexibility index (Phi) is 7.99. The number of halogens is 1. The van der Waals surface area contributed by atoms with Crippen LogP contribution >= 0.6 is 11.6 Å². The standard InChI is InChI=1S/C28H33ClN4O3/c1-17-11-18(2)16-33(15-17)26-12-19(3)22-14-21(6-7-23(22)31-26)30-27(34)9-10-28(35)32-24-13-20(29)5-8-25(24)36-4/h5-8,12-14,17-18H,9-11,15-16H2,1-4H3,(H,30,34)(H,32,35)/t17-,18-/m0/s1. The predicted molar refractivity (Wildman–Crippen MR) is 146 cm³/mol. The summed E-state index contributed by atoms with van der Waals surface area (Å²) in [7, 11) is 1.52. The maximum absolute atomic E-state index is 12.5. The average Bonchev–Trinajstić information content (AvgIpc) is 2.82. The Hall–Kier alpha value is -3.32. The summed E-state index contributed by atoms with van der Waals surface area (Å²) in [5, 5.41) is 7.13. The molecule has 1 aliphatic heterocycles. The van der Waals surface area contributed by atoms with Crippen LogP contribution in [0, 0.1) is 18.8 Å². The number of amides is 2. The molecule has 2 atom stereocenters. The fourth-order valence-electron chi connectivity index (χ4n) is 4.91. The summed E-state index contributed by atoms with van der Waals surface area (Å²) < 4.78 is 5.24. The van der Waals surface area contributed by atoms with Crippen LogP contribution in [0.4, 0.5) is 17.2 Å². The molecule has 1 aliphatic rings. The van der Waals surface area contributed by atoms with Crippen LogP contribution in [-0.2, 0) is 9.59 Å². The molecule has 7 nitrogen and oxygen atoms in total. The van der Waals surface area contributed by atoms with E-state index in [4.69, 9.17) is 21.3 Å². The predicted octanol–water partition coefficient (Wildman–Crippen LogP) is 6.04. The number of aryl methyl sites for hydroxylation is 1. The minimum Gasteiger partial charge on any atom is -0.495 e. The number of benzene rings is 2. The number of methoxy groups -OCH3 is 1. The lowest BCUT2D eigenvalue weighted by Gasteiger charge is -2.36. The maximum Gasteiger partial charge on any atom is 0.224 e. The fraction of sp³-hybridized carbons (Fsp3) is 0.393.